The largest absolute Gasteiger partial charge is 0.327 e. The van der Waals surface area contributed by atoms with E-state index >= 15 is 0 Å². The third-order valence-electron chi connectivity index (χ3n) is 1.85. The molecule has 52 valence electrons. The average Bonchev–Trinajstić information content (AvgIpc) is 2.69. The van der Waals surface area contributed by atoms with E-state index < -0.39 is 0 Å². The lowest BCUT2D eigenvalue weighted by molar-refractivity contribution is 0.962. The van der Waals surface area contributed by atoms with Crippen molar-refractivity contribution in [1.29, 1.82) is 0 Å². The quantitative estimate of drug-likeness (QED) is 0.602. The molecule has 0 aliphatic heterocycles. The number of nitrogens with two attached hydrogens (primary N) is 1. The monoisotopic (exact) mass is 135 g/mol. The van der Waals surface area contributed by atoms with Crippen LogP contribution in [0.2, 0.25) is 0 Å². The zero-order chi connectivity index (χ0) is 6.97. The highest BCUT2D eigenvalue weighted by atomic mass is 14.8. The van der Waals surface area contributed by atoms with Crippen LogP contribution in [0.1, 0.15) is 17.9 Å². The maximum Gasteiger partial charge on any atom is 0.115 e. The Morgan fingerprint density at radius 3 is 2.50 bits per heavy atom. The summed E-state index contributed by atoms with van der Waals surface area (Å²) in [6, 6.07) is 0.353. The fraction of sp³-hybridized carbons (Fsp3) is 0.429. The Morgan fingerprint density at radius 2 is 2.00 bits per heavy atom. The van der Waals surface area contributed by atoms with Crippen molar-refractivity contribution in [3.8, 4) is 0 Å². The molecule has 0 aromatic carbocycles. The summed E-state index contributed by atoms with van der Waals surface area (Å²) in [5.41, 5.74) is 6.82. The smallest absolute Gasteiger partial charge is 0.115 e. The first-order chi connectivity index (χ1) is 4.88. The van der Waals surface area contributed by atoms with E-state index in [1.165, 1.54) is 11.9 Å². The molecule has 1 saturated carbocycles. The average molecular weight is 135 g/mol. The molecule has 2 unspecified atom stereocenters. The second kappa shape index (κ2) is 2.02. The van der Waals surface area contributed by atoms with Crippen LogP contribution in [0.5, 0.6) is 0 Å². The fourth-order valence-electron chi connectivity index (χ4n) is 1.10. The van der Waals surface area contributed by atoms with E-state index in [4.69, 9.17) is 5.73 Å². The molecule has 1 aromatic rings. The van der Waals surface area contributed by atoms with E-state index in [1.807, 2.05) is 12.4 Å². The minimum Gasteiger partial charge on any atom is -0.327 e. The fourth-order valence-corrected chi connectivity index (χ4v) is 1.10. The van der Waals surface area contributed by atoms with Gasteiger partial charge < -0.3 is 5.73 Å². The Morgan fingerprint density at radius 1 is 1.40 bits per heavy atom. The Bertz CT molecular complexity index is 222. The van der Waals surface area contributed by atoms with E-state index in [-0.39, 0.29) is 0 Å². The molecule has 0 bridgehead atoms. The molecule has 1 aliphatic carbocycles. The molecule has 2 rings (SSSR count). The van der Waals surface area contributed by atoms with Crippen LogP contribution in [-0.4, -0.2) is 16.0 Å². The molecule has 0 amide bonds. The number of nitrogens with zero attached hydrogens (tertiary/aromatic N) is 2. The maximum absolute atomic E-state index is 5.64. The van der Waals surface area contributed by atoms with Gasteiger partial charge in [0.05, 0.1) is 0 Å². The standard InChI is InChI=1S/C7H9N3/c8-7-1-6(7)5-2-9-4-10-3-5/h2-4,6-7H,1,8H2. The van der Waals surface area contributed by atoms with E-state index in [2.05, 4.69) is 9.97 Å². The van der Waals surface area contributed by atoms with Crippen molar-refractivity contribution >= 4 is 0 Å². The molecular formula is C7H9N3. The molecule has 1 aromatic heterocycles. The molecular weight excluding hydrogens is 126 g/mol. The van der Waals surface area contributed by atoms with Crippen LogP contribution in [0.25, 0.3) is 0 Å². The van der Waals surface area contributed by atoms with Gasteiger partial charge in [0.15, 0.2) is 0 Å². The molecule has 10 heavy (non-hydrogen) atoms. The van der Waals surface area contributed by atoms with Gasteiger partial charge in [-0.1, -0.05) is 0 Å². The van der Waals surface area contributed by atoms with Crippen LogP contribution in [0, 0.1) is 0 Å². The van der Waals surface area contributed by atoms with Crippen molar-refractivity contribution in [3.63, 3.8) is 0 Å². The third-order valence-corrected chi connectivity index (χ3v) is 1.85. The van der Waals surface area contributed by atoms with Crippen molar-refractivity contribution in [3.05, 3.63) is 24.3 Å². The Kier molecular flexibility index (Phi) is 1.17. The Balaban J connectivity index is 2.20. The highest BCUT2D eigenvalue weighted by Gasteiger charge is 2.34. The minimum absolute atomic E-state index is 0.353. The molecule has 3 heteroatoms. The van der Waals surface area contributed by atoms with Crippen molar-refractivity contribution in [2.24, 2.45) is 5.73 Å². The predicted octanol–water partition coefficient (Wildman–Crippen LogP) is 0.291. The maximum atomic E-state index is 5.64. The van der Waals surface area contributed by atoms with Crippen LogP contribution in [0.15, 0.2) is 18.7 Å². The molecule has 0 radical (unpaired) electrons. The molecule has 0 spiro atoms. The normalized spacial score (nSPS) is 30.1. The molecule has 1 fully saturated rings. The van der Waals surface area contributed by atoms with Crippen LogP contribution in [0.3, 0.4) is 0 Å². The van der Waals surface area contributed by atoms with E-state index in [1.54, 1.807) is 0 Å². The third kappa shape index (κ3) is 0.885. The second-order valence-electron chi connectivity index (χ2n) is 2.68. The lowest BCUT2D eigenvalue weighted by atomic mass is 10.2. The van der Waals surface area contributed by atoms with Gasteiger partial charge in [0.2, 0.25) is 0 Å². The summed E-state index contributed by atoms with van der Waals surface area (Å²) in [5, 5.41) is 0. The zero-order valence-corrected chi connectivity index (χ0v) is 5.57. The van der Waals surface area contributed by atoms with Gasteiger partial charge in [-0.2, -0.15) is 0 Å². The summed E-state index contributed by atoms with van der Waals surface area (Å²) in [5.74, 6) is 0.529. The van der Waals surface area contributed by atoms with E-state index in [0.717, 1.165) is 6.42 Å². The zero-order valence-electron chi connectivity index (χ0n) is 5.57. The number of hydrogen-bond acceptors (Lipinski definition) is 3. The first-order valence-corrected chi connectivity index (χ1v) is 3.38. The van der Waals surface area contributed by atoms with E-state index in [9.17, 15) is 0 Å². The summed E-state index contributed by atoms with van der Waals surface area (Å²) in [6.07, 6.45) is 6.31. The summed E-state index contributed by atoms with van der Waals surface area (Å²) in [7, 11) is 0. The molecule has 2 atom stereocenters. The highest BCUT2D eigenvalue weighted by Crippen LogP contribution is 2.37. The number of hydrogen-bond donors (Lipinski definition) is 1. The van der Waals surface area contributed by atoms with Gasteiger partial charge in [-0.3, -0.25) is 0 Å². The summed E-state index contributed by atoms with van der Waals surface area (Å²) >= 11 is 0. The lowest BCUT2D eigenvalue weighted by Gasteiger charge is -1.92. The van der Waals surface area contributed by atoms with Gasteiger partial charge in [0, 0.05) is 24.4 Å². The van der Waals surface area contributed by atoms with Crippen LogP contribution >= 0.6 is 0 Å². The topological polar surface area (TPSA) is 51.8 Å². The number of rotatable bonds is 1. The number of aromatic nitrogens is 2. The van der Waals surface area contributed by atoms with Crippen molar-refractivity contribution < 1.29 is 0 Å². The molecule has 0 saturated heterocycles. The van der Waals surface area contributed by atoms with Gasteiger partial charge in [-0.15, -0.1) is 0 Å². The molecule has 1 heterocycles. The molecule has 1 aliphatic rings. The predicted molar refractivity (Wildman–Crippen MR) is 37.4 cm³/mol. The van der Waals surface area contributed by atoms with Gasteiger partial charge >= 0.3 is 0 Å². The Labute approximate surface area is 59.3 Å². The molecule has 3 nitrogen and oxygen atoms in total. The van der Waals surface area contributed by atoms with Crippen molar-refractivity contribution in [1.82, 2.24) is 9.97 Å². The van der Waals surface area contributed by atoms with Crippen LogP contribution in [0.4, 0.5) is 0 Å². The summed E-state index contributed by atoms with van der Waals surface area (Å²) < 4.78 is 0. The molecule has 2 N–H and O–H groups in total. The lowest BCUT2D eigenvalue weighted by Crippen LogP contribution is -2.01. The van der Waals surface area contributed by atoms with Crippen LogP contribution in [-0.2, 0) is 0 Å². The Hall–Kier alpha value is -0.960. The van der Waals surface area contributed by atoms with Gasteiger partial charge in [-0.05, 0) is 12.0 Å². The van der Waals surface area contributed by atoms with Crippen molar-refractivity contribution in [2.75, 3.05) is 0 Å². The summed E-state index contributed by atoms with van der Waals surface area (Å²) in [6.45, 7) is 0. The van der Waals surface area contributed by atoms with Crippen LogP contribution < -0.4 is 5.73 Å². The summed E-state index contributed by atoms with van der Waals surface area (Å²) in [4.78, 5) is 7.83. The first-order valence-electron chi connectivity index (χ1n) is 3.38. The van der Waals surface area contributed by atoms with Gasteiger partial charge in [0.25, 0.3) is 0 Å². The minimum atomic E-state index is 0.353. The second-order valence-corrected chi connectivity index (χ2v) is 2.68. The SMILES string of the molecule is NC1CC1c1cncnc1. The van der Waals surface area contributed by atoms with Crippen molar-refractivity contribution in [2.45, 2.75) is 18.4 Å². The first kappa shape index (κ1) is 5.80. The van der Waals surface area contributed by atoms with Gasteiger partial charge in [0.1, 0.15) is 6.33 Å². The van der Waals surface area contributed by atoms with Gasteiger partial charge in [-0.25, -0.2) is 9.97 Å². The van der Waals surface area contributed by atoms with E-state index in [0.29, 0.717) is 12.0 Å². The highest BCUT2D eigenvalue weighted by molar-refractivity contribution is 5.21.